The summed E-state index contributed by atoms with van der Waals surface area (Å²) in [5.74, 6) is 1.50. The molecule has 3 aromatic carbocycles. The Bertz CT molecular complexity index is 2580. The molecule has 352 valence electrons. The second kappa shape index (κ2) is 19.7. The number of fused-ring (bicyclic) bond motifs is 6. The Morgan fingerprint density at radius 3 is 2.39 bits per heavy atom. The van der Waals surface area contributed by atoms with Gasteiger partial charge in [0.2, 0.25) is 11.8 Å². The lowest BCUT2D eigenvalue weighted by Gasteiger charge is -2.36. The molecular weight excluding hydrogens is 841 g/mol. The van der Waals surface area contributed by atoms with Gasteiger partial charge < -0.3 is 49.8 Å². The standard InChI is InChI=1S/C50H64N8O8/c1-9-11-12-38(54-47(59)43(57-50(62)64-8)32-19-28(5)66-29(6)20-32)45-51-24-39(53-45)31-14-16-34-33(21-31)25-65-41-23-35-30(22-36(34)41)15-17-37-44(35)55-46(52-37)40-18-13-27(4)58(40)48(60)42(26(3)10-2)56-49(61)63-7/h14-17,21-24,26-29,32,38,40,42-43H,9-13,18-20,25H2,1-8H3,(H,51,53)(H,52,55)(H,54,59)(H,56,61)(H,57,62). The fourth-order valence-corrected chi connectivity index (χ4v) is 10.2. The van der Waals surface area contributed by atoms with Crippen LogP contribution in [0.4, 0.5) is 9.59 Å². The summed E-state index contributed by atoms with van der Waals surface area (Å²) < 4.78 is 22.2. The molecule has 2 saturated heterocycles. The summed E-state index contributed by atoms with van der Waals surface area (Å²) in [4.78, 5) is 71.7. The summed E-state index contributed by atoms with van der Waals surface area (Å²) in [6, 6.07) is 12.4. The SMILES string of the molecule is CCCCC(NC(=O)C(NC(=O)OC)C1CC(C)OC(C)C1)c1ncc(-c2ccc3c(c2)COc2cc4c(ccc5[nH]c(C6CCC(C)N6C(=O)C(NC(=O)OC)C(C)CC)nc54)cc2-3)[nH]1. The Balaban J connectivity index is 1.03. The van der Waals surface area contributed by atoms with E-state index in [1.807, 2.05) is 45.6 Å². The number of H-pyrrole nitrogens is 2. The molecule has 4 amide bonds. The zero-order valence-electron chi connectivity index (χ0n) is 39.3. The van der Waals surface area contributed by atoms with Gasteiger partial charge in [-0.3, -0.25) is 9.59 Å². The van der Waals surface area contributed by atoms with Gasteiger partial charge in [-0.2, -0.15) is 0 Å². The average Bonchev–Trinajstić information content (AvgIpc) is 4.08. The quantitative estimate of drug-likeness (QED) is 0.0717. The summed E-state index contributed by atoms with van der Waals surface area (Å²) in [5.41, 5.74) is 6.51. The van der Waals surface area contributed by atoms with Crippen molar-refractivity contribution in [3.63, 3.8) is 0 Å². The van der Waals surface area contributed by atoms with Crippen molar-refractivity contribution in [3.05, 3.63) is 65.9 Å². The third-order valence-corrected chi connectivity index (χ3v) is 13.9. The van der Waals surface area contributed by atoms with Crippen LogP contribution in [0.3, 0.4) is 0 Å². The van der Waals surface area contributed by atoms with Crippen molar-refractivity contribution in [2.45, 2.75) is 142 Å². The lowest BCUT2D eigenvalue weighted by molar-refractivity contribution is -0.137. The number of likely N-dealkylation sites (tertiary alicyclic amines) is 1. The lowest BCUT2D eigenvalue weighted by atomic mass is 9.85. The van der Waals surface area contributed by atoms with Gasteiger partial charge in [0.25, 0.3) is 0 Å². The van der Waals surface area contributed by atoms with Gasteiger partial charge in [0.05, 0.1) is 61.4 Å². The number of benzene rings is 3. The molecule has 3 aliphatic heterocycles. The van der Waals surface area contributed by atoms with Gasteiger partial charge in [-0.15, -0.1) is 0 Å². The summed E-state index contributed by atoms with van der Waals surface area (Å²) >= 11 is 0. The Kier molecular flexibility index (Phi) is 13.9. The minimum Gasteiger partial charge on any atom is -0.488 e. The van der Waals surface area contributed by atoms with Crippen LogP contribution in [0, 0.1) is 11.8 Å². The molecule has 16 heteroatoms. The predicted molar refractivity (Wildman–Crippen MR) is 250 cm³/mol. The number of alkyl carbamates (subject to hydrolysis) is 2. The first-order valence-electron chi connectivity index (χ1n) is 23.5. The van der Waals surface area contributed by atoms with Gasteiger partial charge in [-0.05, 0) is 111 Å². The van der Waals surface area contributed by atoms with E-state index in [1.54, 1.807) is 6.20 Å². The maximum absolute atomic E-state index is 14.2. The van der Waals surface area contributed by atoms with Crippen LogP contribution in [-0.2, 0) is 30.4 Å². The number of imidazole rings is 2. The smallest absolute Gasteiger partial charge is 0.407 e. The van der Waals surface area contributed by atoms with Crippen LogP contribution in [0.1, 0.15) is 122 Å². The second-order valence-corrected chi connectivity index (χ2v) is 18.5. The topological polar surface area (TPSA) is 202 Å². The molecule has 5 aromatic rings. The van der Waals surface area contributed by atoms with Gasteiger partial charge in [0.1, 0.15) is 36.1 Å². The maximum atomic E-state index is 14.2. The van der Waals surface area contributed by atoms with Crippen LogP contribution in [0.25, 0.3) is 44.2 Å². The first-order chi connectivity index (χ1) is 31.8. The number of aromatic amines is 2. The van der Waals surface area contributed by atoms with Crippen molar-refractivity contribution in [2.24, 2.45) is 11.8 Å². The van der Waals surface area contributed by atoms with Gasteiger partial charge in [-0.25, -0.2) is 19.6 Å². The van der Waals surface area contributed by atoms with E-state index in [9.17, 15) is 19.2 Å². The summed E-state index contributed by atoms with van der Waals surface area (Å²) in [6.07, 6.45) is 6.47. The van der Waals surface area contributed by atoms with E-state index in [4.69, 9.17) is 28.9 Å². The molecule has 0 saturated carbocycles. The minimum absolute atomic E-state index is 0.0305. The van der Waals surface area contributed by atoms with Crippen molar-refractivity contribution in [3.8, 4) is 28.1 Å². The highest BCUT2D eigenvalue weighted by molar-refractivity contribution is 6.07. The fraction of sp³-hybridized carbons (Fsp3) is 0.520. The lowest BCUT2D eigenvalue weighted by Crippen LogP contribution is -2.54. The van der Waals surface area contributed by atoms with Crippen molar-refractivity contribution in [2.75, 3.05) is 14.2 Å². The van der Waals surface area contributed by atoms with Crippen molar-refractivity contribution < 1.29 is 38.1 Å². The second-order valence-electron chi connectivity index (χ2n) is 18.5. The molecule has 3 aliphatic rings. The number of aromatic nitrogens is 4. The molecular formula is C50H64N8O8. The number of rotatable bonds is 14. The Hall–Kier alpha value is -6.16. The number of hydrogen-bond acceptors (Lipinski definition) is 10. The molecule has 0 aliphatic carbocycles. The number of ether oxygens (including phenoxy) is 4. The van der Waals surface area contributed by atoms with Crippen molar-refractivity contribution in [1.29, 1.82) is 0 Å². The predicted octanol–water partition coefficient (Wildman–Crippen LogP) is 8.76. The summed E-state index contributed by atoms with van der Waals surface area (Å²) in [7, 11) is 2.60. The number of amides is 4. The monoisotopic (exact) mass is 904 g/mol. The molecule has 2 fully saturated rings. The molecule has 0 radical (unpaired) electrons. The van der Waals surface area contributed by atoms with Crippen LogP contribution >= 0.6 is 0 Å². The number of methoxy groups -OCH3 is 2. The molecule has 0 spiro atoms. The molecule has 66 heavy (non-hydrogen) atoms. The van der Waals surface area contributed by atoms with Crippen LogP contribution < -0.4 is 20.7 Å². The normalized spacial score (nSPS) is 22.1. The number of nitrogens with zero attached hydrogens (tertiary/aromatic N) is 3. The first-order valence-corrected chi connectivity index (χ1v) is 23.5. The van der Waals surface area contributed by atoms with Crippen molar-refractivity contribution >= 4 is 45.8 Å². The van der Waals surface area contributed by atoms with Crippen LogP contribution in [0.2, 0.25) is 0 Å². The van der Waals surface area contributed by atoms with Crippen molar-refractivity contribution in [1.82, 2.24) is 40.8 Å². The minimum atomic E-state index is -0.788. The highest BCUT2D eigenvalue weighted by Crippen LogP contribution is 2.44. The van der Waals surface area contributed by atoms with E-state index in [1.165, 1.54) is 14.2 Å². The summed E-state index contributed by atoms with van der Waals surface area (Å²) in [6.45, 7) is 12.5. The van der Waals surface area contributed by atoms with E-state index >= 15 is 0 Å². The summed E-state index contributed by atoms with van der Waals surface area (Å²) in [5, 5.41) is 10.8. The van der Waals surface area contributed by atoms with E-state index in [-0.39, 0.29) is 47.9 Å². The molecule has 8 rings (SSSR count). The third kappa shape index (κ3) is 9.42. The van der Waals surface area contributed by atoms with Gasteiger partial charge in [0.15, 0.2) is 0 Å². The third-order valence-electron chi connectivity index (χ3n) is 13.9. The Labute approximate surface area is 385 Å². The number of unbranched alkanes of at least 4 members (excludes halogenated alkanes) is 1. The van der Waals surface area contributed by atoms with Crippen LogP contribution in [0.5, 0.6) is 5.75 Å². The molecule has 5 heterocycles. The zero-order chi connectivity index (χ0) is 46.8. The molecule has 8 unspecified atom stereocenters. The highest BCUT2D eigenvalue weighted by atomic mass is 16.5. The van der Waals surface area contributed by atoms with E-state index in [2.05, 4.69) is 69.2 Å². The number of carbonyl (C=O) groups is 4. The average molecular weight is 905 g/mol. The number of nitrogens with one attached hydrogen (secondary N) is 5. The molecule has 5 N–H and O–H groups in total. The number of hydrogen-bond donors (Lipinski definition) is 5. The van der Waals surface area contributed by atoms with E-state index in [0.29, 0.717) is 43.9 Å². The van der Waals surface area contributed by atoms with Gasteiger partial charge >= 0.3 is 12.2 Å². The molecule has 2 aromatic heterocycles. The van der Waals surface area contributed by atoms with Crippen LogP contribution in [-0.4, -0.2) is 93.4 Å². The number of carbonyl (C=O) groups excluding carboxylic acids is 4. The highest BCUT2D eigenvalue weighted by Gasteiger charge is 2.42. The van der Waals surface area contributed by atoms with E-state index in [0.717, 1.165) is 81.2 Å². The molecule has 0 bridgehead atoms. The van der Waals surface area contributed by atoms with Crippen LogP contribution in [0.15, 0.2) is 48.7 Å². The van der Waals surface area contributed by atoms with E-state index < -0.39 is 30.3 Å². The van der Waals surface area contributed by atoms with Gasteiger partial charge in [-0.1, -0.05) is 58.2 Å². The Morgan fingerprint density at radius 2 is 1.67 bits per heavy atom. The molecule has 16 nitrogen and oxygen atoms in total. The Morgan fingerprint density at radius 1 is 0.909 bits per heavy atom. The zero-order valence-corrected chi connectivity index (χ0v) is 39.3. The van der Waals surface area contributed by atoms with Gasteiger partial charge in [0, 0.05) is 17.0 Å². The molecule has 8 atom stereocenters. The fourth-order valence-electron chi connectivity index (χ4n) is 10.2. The maximum Gasteiger partial charge on any atom is 0.407 e. The largest absolute Gasteiger partial charge is 0.488 e. The first kappa shape index (κ1) is 46.4.